The highest BCUT2D eigenvalue weighted by atomic mass is 79.9. The van der Waals surface area contributed by atoms with Gasteiger partial charge in [0.05, 0.1) is 0 Å². The molecular formula is C14H14BrN. The van der Waals surface area contributed by atoms with Gasteiger partial charge in [0.2, 0.25) is 0 Å². The van der Waals surface area contributed by atoms with Gasteiger partial charge in [-0.05, 0) is 41.8 Å². The van der Waals surface area contributed by atoms with Crippen molar-refractivity contribution in [2.75, 3.05) is 0 Å². The first kappa shape index (κ1) is 11.4. The van der Waals surface area contributed by atoms with E-state index in [0.717, 1.165) is 4.47 Å². The van der Waals surface area contributed by atoms with E-state index in [1.165, 1.54) is 16.7 Å². The second-order valence-electron chi connectivity index (χ2n) is 3.92. The van der Waals surface area contributed by atoms with E-state index in [9.17, 15) is 0 Å². The molecule has 0 aliphatic rings. The molecule has 0 aliphatic carbocycles. The number of rotatable bonds is 2. The summed E-state index contributed by atoms with van der Waals surface area (Å²) in [5.74, 6) is 0. The summed E-state index contributed by atoms with van der Waals surface area (Å²) in [5.41, 5.74) is 9.47. The van der Waals surface area contributed by atoms with Crippen LogP contribution < -0.4 is 5.73 Å². The van der Waals surface area contributed by atoms with Crippen LogP contribution in [-0.2, 0) is 0 Å². The monoisotopic (exact) mass is 275 g/mol. The van der Waals surface area contributed by atoms with Gasteiger partial charge in [0.1, 0.15) is 0 Å². The lowest BCUT2D eigenvalue weighted by Crippen LogP contribution is -2.04. The van der Waals surface area contributed by atoms with Crippen molar-refractivity contribution in [1.82, 2.24) is 0 Å². The van der Waals surface area contributed by atoms with Crippen LogP contribution in [-0.4, -0.2) is 0 Å². The summed E-state index contributed by atoms with van der Waals surface area (Å²) in [6.45, 7) is 2.00. The highest BCUT2D eigenvalue weighted by Crippen LogP contribution is 2.24. The molecule has 2 aromatic carbocycles. The van der Waals surface area contributed by atoms with Crippen molar-refractivity contribution in [2.45, 2.75) is 13.0 Å². The minimum atomic E-state index is 0.0791. The summed E-state index contributed by atoms with van der Waals surface area (Å²) in [6, 6.07) is 16.7. The Labute approximate surface area is 104 Å². The van der Waals surface area contributed by atoms with Gasteiger partial charge in [0.15, 0.2) is 0 Å². The van der Waals surface area contributed by atoms with Gasteiger partial charge in [0.25, 0.3) is 0 Å². The highest BCUT2D eigenvalue weighted by molar-refractivity contribution is 9.10. The molecule has 16 heavy (non-hydrogen) atoms. The quantitative estimate of drug-likeness (QED) is 0.876. The Morgan fingerprint density at radius 2 is 1.69 bits per heavy atom. The molecule has 0 bridgehead atoms. The Morgan fingerprint density at radius 3 is 2.31 bits per heavy atom. The standard InChI is InChI=1S/C14H14BrN/c1-10(16)12-3-2-4-13(9-12)11-5-7-14(15)8-6-11/h2-10H,16H2,1H3. The zero-order valence-corrected chi connectivity index (χ0v) is 10.7. The molecule has 0 aromatic heterocycles. The Morgan fingerprint density at radius 1 is 1.00 bits per heavy atom. The van der Waals surface area contributed by atoms with Gasteiger partial charge in [0, 0.05) is 10.5 Å². The van der Waals surface area contributed by atoms with Gasteiger partial charge in [-0.3, -0.25) is 0 Å². The third kappa shape index (κ3) is 2.52. The van der Waals surface area contributed by atoms with Crippen molar-refractivity contribution in [3.8, 4) is 11.1 Å². The van der Waals surface area contributed by atoms with Gasteiger partial charge in [-0.2, -0.15) is 0 Å². The third-order valence-electron chi connectivity index (χ3n) is 2.59. The van der Waals surface area contributed by atoms with Gasteiger partial charge in [-0.25, -0.2) is 0 Å². The molecule has 0 saturated carbocycles. The number of benzene rings is 2. The minimum absolute atomic E-state index is 0.0791. The smallest absolute Gasteiger partial charge is 0.0266 e. The van der Waals surface area contributed by atoms with Crippen LogP contribution in [0.15, 0.2) is 53.0 Å². The van der Waals surface area contributed by atoms with Crippen LogP contribution in [0.2, 0.25) is 0 Å². The Bertz CT molecular complexity index is 474. The molecule has 0 aliphatic heterocycles. The van der Waals surface area contributed by atoms with Crippen LogP contribution in [0, 0.1) is 0 Å². The fourth-order valence-corrected chi connectivity index (χ4v) is 1.91. The second-order valence-corrected chi connectivity index (χ2v) is 4.84. The Balaban J connectivity index is 2.40. The molecule has 0 fully saturated rings. The van der Waals surface area contributed by atoms with Crippen molar-refractivity contribution >= 4 is 15.9 Å². The number of nitrogens with two attached hydrogens (primary N) is 1. The molecule has 1 nitrogen and oxygen atoms in total. The lowest BCUT2D eigenvalue weighted by Gasteiger charge is -2.08. The average molecular weight is 276 g/mol. The molecule has 1 unspecified atom stereocenters. The van der Waals surface area contributed by atoms with E-state index < -0.39 is 0 Å². The molecule has 0 heterocycles. The molecule has 2 heteroatoms. The summed E-state index contributed by atoms with van der Waals surface area (Å²) in [5, 5.41) is 0. The predicted molar refractivity (Wildman–Crippen MR) is 72.2 cm³/mol. The predicted octanol–water partition coefficient (Wildman–Crippen LogP) is 4.14. The van der Waals surface area contributed by atoms with Crippen molar-refractivity contribution in [1.29, 1.82) is 0 Å². The van der Waals surface area contributed by atoms with E-state index in [1.807, 2.05) is 19.1 Å². The van der Waals surface area contributed by atoms with Crippen LogP contribution >= 0.6 is 15.9 Å². The fourth-order valence-electron chi connectivity index (χ4n) is 1.64. The van der Waals surface area contributed by atoms with E-state index in [4.69, 9.17) is 5.73 Å². The lowest BCUT2D eigenvalue weighted by molar-refractivity contribution is 0.819. The first-order valence-electron chi connectivity index (χ1n) is 5.28. The Kier molecular flexibility index (Phi) is 3.42. The summed E-state index contributed by atoms with van der Waals surface area (Å²) in [4.78, 5) is 0. The molecule has 0 amide bonds. The van der Waals surface area contributed by atoms with E-state index in [1.54, 1.807) is 0 Å². The van der Waals surface area contributed by atoms with Gasteiger partial charge >= 0.3 is 0 Å². The number of hydrogen-bond donors (Lipinski definition) is 1. The number of halogens is 1. The zero-order chi connectivity index (χ0) is 11.5. The van der Waals surface area contributed by atoms with E-state index in [-0.39, 0.29) is 6.04 Å². The van der Waals surface area contributed by atoms with Gasteiger partial charge in [-0.1, -0.05) is 46.3 Å². The summed E-state index contributed by atoms with van der Waals surface area (Å²) >= 11 is 3.44. The number of hydrogen-bond acceptors (Lipinski definition) is 1. The maximum atomic E-state index is 5.88. The van der Waals surface area contributed by atoms with E-state index in [2.05, 4.69) is 52.3 Å². The maximum absolute atomic E-state index is 5.88. The van der Waals surface area contributed by atoms with Crippen molar-refractivity contribution in [2.24, 2.45) is 5.73 Å². The zero-order valence-electron chi connectivity index (χ0n) is 9.15. The van der Waals surface area contributed by atoms with E-state index >= 15 is 0 Å². The SMILES string of the molecule is CC(N)c1cccc(-c2ccc(Br)cc2)c1. The lowest BCUT2D eigenvalue weighted by atomic mass is 10.0. The molecule has 2 aromatic rings. The fraction of sp³-hybridized carbons (Fsp3) is 0.143. The van der Waals surface area contributed by atoms with Crippen LogP contribution in [0.3, 0.4) is 0 Å². The van der Waals surface area contributed by atoms with E-state index in [0.29, 0.717) is 0 Å². The largest absolute Gasteiger partial charge is 0.324 e. The molecule has 0 spiro atoms. The third-order valence-corrected chi connectivity index (χ3v) is 3.12. The van der Waals surface area contributed by atoms with Gasteiger partial charge < -0.3 is 5.73 Å². The molecule has 0 radical (unpaired) electrons. The topological polar surface area (TPSA) is 26.0 Å². The van der Waals surface area contributed by atoms with Crippen LogP contribution in [0.5, 0.6) is 0 Å². The molecular weight excluding hydrogens is 262 g/mol. The van der Waals surface area contributed by atoms with Gasteiger partial charge in [-0.15, -0.1) is 0 Å². The van der Waals surface area contributed by atoms with Crippen LogP contribution in [0.4, 0.5) is 0 Å². The molecule has 82 valence electrons. The average Bonchev–Trinajstić information content (AvgIpc) is 2.30. The minimum Gasteiger partial charge on any atom is -0.324 e. The second kappa shape index (κ2) is 4.81. The summed E-state index contributed by atoms with van der Waals surface area (Å²) in [6.07, 6.45) is 0. The first-order chi connectivity index (χ1) is 7.66. The first-order valence-corrected chi connectivity index (χ1v) is 6.07. The maximum Gasteiger partial charge on any atom is 0.0266 e. The molecule has 2 N–H and O–H groups in total. The summed E-state index contributed by atoms with van der Waals surface area (Å²) in [7, 11) is 0. The normalized spacial score (nSPS) is 12.4. The van der Waals surface area contributed by atoms with Crippen LogP contribution in [0.25, 0.3) is 11.1 Å². The van der Waals surface area contributed by atoms with Crippen molar-refractivity contribution in [3.63, 3.8) is 0 Å². The van der Waals surface area contributed by atoms with Crippen LogP contribution in [0.1, 0.15) is 18.5 Å². The van der Waals surface area contributed by atoms with Crippen molar-refractivity contribution < 1.29 is 0 Å². The molecule has 0 saturated heterocycles. The Hall–Kier alpha value is -1.12. The highest BCUT2D eigenvalue weighted by Gasteiger charge is 2.02. The molecule has 1 atom stereocenters. The molecule has 2 rings (SSSR count). The van der Waals surface area contributed by atoms with Crippen molar-refractivity contribution in [3.05, 3.63) is 58.6 Å². The summed E-state index contributed by atoms with van der Waals surface area (Å²) < 4.78 is 1.10.